The predicted molar refractivity (Wildman–Crippen MR) is 121 cm³/mol. The lowest BCUT2D eigenvalue weighted by atomic mass is 10.1. The van der Waals surface area contributed by atoms with Crippen LogP contribution >= 0.6 is 11.6 Å². The Morgan fingerprint density at radius 1 is 1.29 bits per heavy atom. The van der Waals surface area contributed by atoms with Gasteiger partial charge in [0.05, 0.1) is 27.2 Å². The van der Waals surface area contributed by atoms with Crippen molar-refractivity contribution in [1.29, 1.82) is 0 Å². The van der Waals surface area contributed by atoms with Crippen molar-refractivity contribution >= 4 is 44.0 Å². The number of nitrogens with zero attached hydrogens (tertiary/aromatic N) is 5. The Morgan fingerprint density at radius 2 is 2.06 bits per heavy atom. The Morgan fingerprint density at radius 3 is 2.74 bits per heavy atom. The maximum absolute atomic E-state index is 12.0. The minimum absolute atomic E-state index is 0.173. The van der Waals surface area contributed by atoms with E-state index in [9.17, 15) is 8.42 Å². The summed E-state index contributed by atoms with van der Waals surface area (Å²) in [5.41, 5.74) is 4.16. The van der Waals surface area contributed by atoms with Gasteiger partial charge in [-0.05, 0) is 49.9 Å². The van der Waals surface area contributed by atoms with Gasteiger partial charge in [0, 0.05) is 32.2 Å². The van der Waals surface area contributed by atoms with Crippen molar-refractivity contribution in [3.8, 4) is 0 Å². The molecule has 0 amide bonds. The number of ether oxygens (including phenoxy) is 1. The zero-order valence-electron chi connectivity index (χ0n) is 18.1. The largest absolute Gasteiger partial charge is 0.385 e. The average Bonchev–Trinajstić information content (AvgIpc) is 3.32. The number of sulfone groups is 1. The summed E-state index contributed by atoms with van der Waals surface area (Å²) in [4.78, 5) is 7.02. The number of hydrogen-bond donors (Lipinski definition) is 0. The molecule has 166 valence electrons. The van der Waals surface area contributed by atoms with Crippen LogP contribution in [0.5, 0.6) is 0 Å². The molecule has 1 aliphatic heterocycles. The highest BCUT2D eigenvalue weighted by atomic mass is 35.5. The molecule has 1 aliphatic rings. The number of anilines is 2. The van der Waals surface area contributed by atoms with Crippen LogP contribution in [0.2, 0.25) is 5.02 Å². The van der Waals surface area contributed by atoms with Gasteiger partial charge >= 0.3 is 0 Å². The Kier molecular flexibility index (Phi) is 5.93. The molecule has 3 heterocycles. The van der Waals surface area contributed by atoms with Crippen LogP contribution in [-0.2, 0) is 21.0 Å². The Bertz CT molecular complexity index is 1240. The summed E-state index contributed by atoms with van der Waals surface area (Å²) in [6.07, 6.45) is 3.62. The van der Waals surface area contributed by atoms with E-state index in [1.54, 1.807) is 13.2 Å². The van der Waals surface area contributed by atoms with Crippen LogP contribution < -0.4 is 4.90 Å². The summed E-state index contributed by atoms with van der Waals surface area (Å²) in [6.45, 7) is 5.36. The van der Waals surface area contributed by atoms with E-state index in [1.807, 2.05) is 22.6 Å². The molecule has 0 saturated heterocycles. The lowest BCUT2D eigenvalue weighted by Crippen LogP contribution is -2.16. The molecule has 10 heteroatoms. The first kappa shape index (κ1) is 22.0. The predicted octanol–water partition coefficient (Wildman–Crippen LogP) is 3.87. The van der Waals surface area contributed by atoms with Gasteiger partial charge in [-0.1, -0.05) is 23.7 Å². The number of hydrogen-bond acceptors (Lipinski definition) is 7. The van der Waals surface area contributed by atoms with Gasteiger partial charge in [-0.25, -0.2) is 18.1 Å². The number of pyridine rings is 1. The molecular formula is C21H26ClN5O3S. The summed E-state index contributed by atoms with van der Waals surface area (Å²) in [7, 11) is -1.65. The molecule has 31 heavy (non-hydrogen) atoms. The third kappa shape index (κ3) is 4.02. The van der Waals surface area contributed by atoms with Crippen molar-refractivity contribution < 1.29 is 13.2 Å². The summed E-state index contributed by atoms with van der Waals surface area (Å²) >= 11 is 6.56. The molecule has 8 nitrogen and oxygen atoms in total. The molecule has 1 unspecified atom stereocenters. The molecule has 2 aromatic heterocycles. The number of benzene rings is 1. The smallest absolute Gasteiger partial charge is 0.175 e. The molecule has 1 atom stereocenters. The molecule has 0 radical (unpaired) electrons. The molecule has 0 saturated carbocycles. The van der Waals surface area contributed by atoms with E-state index in [2.05, 4.69) is 17.2 Å². The third-order valence-electron chi connectivity index (χ3n) is 5.72. The molecule has 0 aliphatic carbocycles. The van der Waals surface area contributed by atoms with Gasteiger partial charge in [0.15, 0.2) is 21.2 Å². The van der Waals surface area contributed by atoms with Crippen LogP contribution in [0.25, 0.3) is 11.0 Å². The monoisotopic (exact) mass is 463 g/mol. The van der Waals surface area contributed by atoms with Crippen molar-refractivity contribution in [2.75, 3.05) is 31.4 Å². The topological polar surface area (TPSA) is 90.2 Å². The summed E-state index contributed by atoms with van der Waals surface area (Å²) in [5.74, 6) is 0.690. The Balaban J connectivity index is 1.83. The Labute approximate surface area is 187 Å². The summed E-state index contributed by atoms with van der Waals surface area (Å²) < 4.78 is 31.2. The highest BCUT2D eigenvalue weighted by molar-refractivity contribution is 7.90. The fourth-order valence-electron chi connectivity index (χ4n) is 4.15. The molecule has 4 rings (SSSR count). The summed E-state index contributed by atoms with van der Waals surface area (Å²) in [6, 6.07) is 5.39. The van der Waals surface area contributed by atoms with Gasteiger partial charge in [0.2, 0.25) is 0 Å². The second-order valence-electron chi connectivity index (χ2n) is 7.92. The van der Waals surface area contributed by atoms with Crippen molar-refractivity contribution in [2.45, 2.75) is 44.0 Å². The van der Waals surface area contributed by atoms with Crippen LogP contribution in [0.15, 0.2) is 23.1 Å². The molecule has 0 fully saturated rings. The number of halogens is 1. The third-order valence-corrected chi connectivity index (χ3v) is 7.10. The molecule has 0 N–H and O–H groups in total. The number of rotatable bonds is 7. The lowest BCUT2D eigenvalue weighted by molar-refractivity contribution is 0.175. The van der Waals surface area contributed by atoms with Gasteiger partial charge in [-0.2, -0.15) is 0 Å². The fraction of sp³-hybridized carbons (Fsp3) is 0.476. The van der Waals surface area contributed by atoms with Crippen LogP contribution in [0, 0.1) is 6.92 Å². The van der Waals surface area contributed by atoms with E-state index < -0.39 is 9.84 Å². The SMILES string of the molecule is CCC(CCOC)n1nnc2c(N3CCc4cc(S(C)(=O)=O)cc(Cl)c43)nc(C)cc21. The van der Waals surface area contributed by atoms with Crippen molar-refractivity contribution in [3.05, 3.63) is 34.5 Å². The van der Waals surface area contributed by atoms with Crippen LogP contribution in [-0.4, -0.2) is 54.9 Å². The molecule has 0 bridgehead atoms. The average molecular weight is 464 g/mol. The number of aryl methyl sites for hydroxylation is 1. The van der Waals surface area contributed by atoms with E-state index in [0.717, 1.165) is 35.3 Å². The van der Waals surface area contributed by atoms with Crippen LogP contribution in [0.4, 0.5) is 11.5 Å². The van der Waals surface area contributed by atoms with E-state index in [-0.39, 0.29) is 10.9 Å². The maximum Gasteiger partial charge on any atom is 0.175 e. The van der Waals surface area contributed by atoms with Gasteiger partial charge < -0.3 is 9.64 Å². The highest BCUT2D eigenvalue weighted by Crippen LogP contribution is 2.42. The first-order valence-electron chi connectivity index (χ1n) is 10.3. The highest BCUT2D eigenvalue weighted by Gasteiger charge is 2.29. The maximum atomic E-state index is 12.0. The van der Waals surface area contributed by atoms with Gasteiger partial charge in [-0.3, -0.25) is 0 Å². The van der Waals surface area contributed by atoms with E-state index in [0.29, 0.717) is 35.9 Å². The van der Waals surface area contributed by atoms with Gasteiger partial charge in [-0.15, -0.1) is 5.10 Å². The van der Waals surface area contributed by atoms with Crippen molar-refractivity contribution in [2.24, 2.45) is 0 Å². The first-order valence-corrected chi connectivity index (χ1v) is 12.5. The minimum Gasteiger partial charge on any atom is -0.385 e. The van der Waals surface area contributed by atoms with E-state index in [4.69, 9.17) is 21.3 Å². The Hall–Kier alpha value is -2.23. The molecule has 0 spiro atoms. The van der Waals surface area contributed by atoms with Gasteiger partial charge in [0.1, 0.15) is 0 Å². The normalized spacial score (nSPS) is 14.9. The number of aromatic nitrogens is 4. The second-order valence-corrected chi connectivity index (χ2v) is 10.3. The molecular weight excluding hydrogens is 438 g/mol. The zero-order valence-corrected chi connectivity index (χ0v) is 19.7. The van der Waals surface area contributed by atoms with Gasteiger partial charge in [0.25, 0.3) is 0 Å². The van der Waals surface area contributed by atoms with Crippen LogP contribution in [0.1, 0.15) is 37.1 Å². The first-order chi connectivity index (χ1) is 14.7. The van der Waals surface area contributed by atoms with E-state index >= 15 is 0 Å². The fourth-order valence-corrected chi connectivity index (χ4v) is 5.24. The quantitative estimate of drug-likeness (QED) is 0.525. The van der Waals surface area contributed by atoms with E-state index in [1.165, 1.54) is 12.3 Å². The number of fused-ring (bicyclic) bond motifs is 2. The lowest BCUT2D eigenvalue weighted by Gasteiger charge is -2.21. The molecule has 1 aromatic carbocycles. The standard InChI is InChI=1S/C21H26ClN5O3S/c1-5-15(7-9-30-3)27-18-10-13(2)23-21(19(18)24-25-27)26-8-6-14-11-16(31(4,28)29)12-17(22)20(14)26/h10-12,15H,5-9H2,1-4H3. The number of methoxy groups -OCH3 is 1. The second kappa shape index (κ2) is 8.37. The molecule has 3 aromatic rings. The van der Waals surface area contributed by atoms with Crippen molar-refractivity contribution in [3.63, 3.8) is 0 Å². The zero-order chi connectivity index (χ0) is 22.3. The minimum atomic E-state index is -3.34. The van der Waals surface area contributed by atoms with Crippen LogP contribution in [0.3, 0.4) is 0 Å². The summed E-state index contributed by atoms with van der Waals surface area (Å²) in [5, 5.41) is 9.31. The van der Waals surface area contributed by atoms with Crippen molar-refractivity contribution in [1.82, 2.24) is 20.0 Å².